The van der Waals surface area contributed by atoms with Gasteiger partial charge in [-0.3, -0.25) is 9.69 Å². The van der Waals surface area contributed by atoms with E-state index in [0.717, 1.165) is 39.3 Å². The molecule has 1 fully saturated rings. The number of benzene rings is 1. The van der Waals surface area contributed by atoms with Crippen molar-refractivity contribution in [1.29, 1.82) is 0 Å². The van der Waals surface area contributed by atoms with Crippen molar-refractivity contribution in [3.63, 3.8) is 0 Å². The Labute approximate surface area is 170 Å². The number of Topliss-reactive ketones (excluding diaryl/α,β-unsaturated/α-hetero) is 1. The lowest BCUT2D eigenvalue weighted by Crippen LogP contribution is -2.37. The maximum Gasteiger partial charge on any atom is 0.346 e. The number of hydrogen-bond acceptors (Lipinski definition) is 8. The van der Waals surface area contributed by atoms with E-state index in [0.29, 0.717) is 23.5 Å². The minimum atomic E-state index is -0.765. The number of carbonyl (C=O) groups is 2. The van der Waals surface area contributed by atoms with Gasteiger partial charge in [0.05, 0.1) is 27.4 Å². The van der Waals surface area contributed by atoms with E-state index in [4.69, 9.17) is 18.9 Å². The second-order valence-corrected chi connectivity index (χ2v) is 7.07. The number of hydrogen-bond donors (Lipinski definition) is 1. The molecule has 0 aliphatic carbocycles. The predicted octanol–water partition coefficient (Wildman–Crippen LogP) is 1.67. The predicted molar refractivity (Wildman–Crippen MR) is 104 cm³/mol. The van der Waals surface area contributed by atoms with Gasteiger partial charge in [0, 0.05) is 25.6 Å². The molecule has 0 radical (unpaired) electrons. The first kappa shape index (κ1) is 21.1. The summed E-state index contributed by atoms with van der Waals surface area (Å²) in [6, 6.07) is 5.08. The summed E-state index contributed by atoms with van der Waals surface area (Å²) in [5.41, 5.74) is 0.359. The first-order chi connectivity index (χ1) is 14.0. The lowest BCUT2D eigenvalue weighted by Gasteiger charge is -2.26. The molecule has 0 saturated carbocycles. The van der Waals surface area contributed by atoms with Crippen molar-refractivity contribution in [3.05, 3.63) is 35.1 Å². The maximum atomic E-state index is 12.7. The van der Waals surface area contributed by atoms with Gasteiger partial charge in [-0.2, -0.15) is 0 Å². The average Bonchev–Trinajstić information content (AvgIpc) is 3.01. The standard InChI is InChI=1S/C21H27NO7/c1-26-15-10-14(11-16(13-15)27-2)12-17(23)19-20(24)18(29-21(19)25)4-3-5-22-6-8-28-9-7-22/h10-11,13,18,24H,3-9,12H2,1-2H3. The molecule has 0 bridgehead atoms. The Morgan fingerprint density at radius 1 is 1.17 bits per heavy atom. The van der Waals surface area contributed by atoms with Crippen LogP contribution in [0.25, 0.3) is 0 Å². The molecule has 158 valence electrons. The van der Waals surface area contributed by atoms with E-state index in [1.165, 1.54) is 14.2 Å². The molecule has 1 saturated heterocycles. The number of methoxy groups -OCH3 is 2. The summed E-state index contributed by atoms with van der Waals surface area (Å²) in [7, 11) is 3.04. The fourth-order valence-electron chi connectivity index (χ4n) is 3.53. The highest BCUT2D eigenvalue weighted by atomic mass is 16.6. The van der Waals surface area contributed by atoms with Gasteiger partial charge < -0.3 is 24.1 Å². The average molecular weight is 405 g/mol. The summed E-state index contributed by atoms with van der Waals surface area (Å²) in [6.45, 7) is 4.02. The molecule has 1 unspecified atom stereocenters. The number of esters is 1. The van der Waals surface area contributed by atoms with Crippen LogP contribution in [0.1, 0.15) is 18.4 Å². The van der Waals surface area contributed by atoms with Crippen LogP contribution in [-0.2, 0) is 25.5 Å². The highest BCUT2D eigenvalue weighted by molar-refractivity contribution is 6.19. The van der Waals surface area contributed by atoms with Crippen molar-refractivity contribution in [2.75, 3.05) is 47.1 Å². The van der Waals surface area contributed by atoms with E-state index in [-0.39, 0.29) is 17.8 Å². The van der Waals surface area contributed by atoms with E-state index < -0.39 is 17.9 Å². The molecule has 1 aromatic carbocycles. The lowest BCUT2D eigenvalue weighted by atomic mass is 10.0. The van der Waals surface area contributed by atoms with Crippen LogP contribution in [0.15, 0.2) is 29.5 Å². The summed E-state index contributed by atoms with van der Waals surface area (Å²) >= 11 is 0. The number of rotatable bonds is 9. The Bertz CT molecular complexity index is 761. The van der Waals surface area contributed by atoms with Gasteiger partial charge in [-0.15, -0.1) is 0 Å². The molecule has 2 heterocycles. The Morgan fingerprint density at radius 2 is 1.83 bits per heavy atom. The minimum absolute atomic E-state index is 0.0669. The first-order valence-electron chi connectivity index (χ1n) is 9.71. The van der Waals surface area contributed by atoms with Gasteiger partial charge in [0.15, 0.2) is 17.6 Å². The van der Waals surface area contributed by atoms with Crippen molar-refractivity contribution in [2.24, 2.45) is 0 Å². The third-order valence-corrected chi connectivity index (χ3v) is 5.11. The van der Waals surface area contributed by atoms with Gasteiger partial charge in [-0.1, -0.05) is 0 Å². The molecule has 0 amide bonds. The number of nitrogens with zero attached hydrogens (tertiary/aromatic N) is 1. The van der Waals surface area contributed by atoms with E-state index >= 15 is 0 Å². The Kier molecular flexibility index (Phi) is 7.11. The van der Waals surface area contributed by atoms with E-state index in [9.17, 15) is 14.7 Å². The lowest BCUT2D eigenvalue weighted by molar-refractivity contribution is -0.141. The summed E-state index contributed by atoms with van der Waals surface area (Å²) in [5.74, 6) is -0.435. The molecule has 1 N–H and O–H groups in total. The van der Waals surface area contributed by atoms with Gasteiger partial charge in [0.25, 0.3) is 0 Å². The smallest absolute Gasteiger partial charge is 0.346 e. The molecular weight excluding hydrogens is 378 g/mol. The number of ketones is 1. The summed E-state index contributed by atoms with van der Waals surface area (Å²) in [4.78, 5) is 27.1. The molecule has 1 aromatic rings. The van der Waals surface area contributed by atoms with Gasteiger partial charge in [0.2, 0.25) is 0 Å². The zero-order valence-electron chi connectivity index (χ0n) is 16.8. The molecule has 29 heavy (non-hydrogen) atoms. The van der Waals surface area contributed by atoms with Crippen LogP contribution in [0, 0.1) is 0 Å². The Morgan fingerprint density at radius 3 is 2.45 bits per heavy atom. The third kappa shape index (κ3) is 5.27. The van der Waals surface area contributed by atoms with E-state index in [1.54, 1.807) is 18.2 Å². The quantitative estimate of drug-likeness (QED) is 0.490. The number of carbonyl (C=O) groups excluding carboxylic acids is 2. The van der Waals surface area contributed by atoms with Crippen LogP contribution in [0.2, 0.25) is 0 Å². The van der Waals surface area contributed by atoms with Gasteiger partial charge in [-0.25, -0.2) is 4.79 Å². The number of aliphatic hydroxyl groups is 1. The van der Waals surface area contributed by atoms with Crippen LogP contribution in [0.4, 0.5) is 0 Å². The van der Waals surface area contributed by atoms with Gasteiger partial charge in [-0.05, 0) is 37.1 Å². The van der Waals surface area contributed by atoms with Crippen LogP contribution in [0.5, 0.6) is 11.5 Å². The molecule has 8 nitrogen and oxygen atoms in total. The number of ether oxygens (including phenoxy) is 4. The van der Waals surface area contributed by atoms with Gasteiger partial charge >= 0.3 is 5.97 Å². The molecular formula is C21H27NO7. The second-order valence-electron chi connectivity index (χ2n) is 7.07. The highest BCUT2D eigenvalue weighted by Crippen LogP contribution is 2.28. The van der Waals surface area contributed by atoms with Crippen LogP contribution < -0.4 is 9.47 Å². The molecule has 0 spiro atoms. The topological polar surface area (TPSA) is 94.5 Å². The zero-order valence-corrected chi connectivity index (χ0v) is 16.8. The first-order valence-corrected chi connectivity index (χ1v) is 9.71. The molecule has 0 aromatic heterocycles. The Hall–Kier alpha value is -2.58. The molecule has 2 aliphatic heterocycles. The van der Waals surface area contributed by atoms with E-state index in [2.05, 4.69) is 4.90 Å². The van der Waals surface area contributed by atoms with Crippen LogP contribution >= 0.6 is 0 Å². The fourth-order valence-corrected chi connectivity index (χ4v) is 3.53. The number of aliphatic hydroxyl groups excluding tert-OH is 1. The highest BCUT2D eigenvalue weighted by Gasteiger charge is 2.37. The largest absolute Gasteiger partial charge is 0.507 e. The number of cyclic esters (lactones) is 1. The monoisotopic (exact) mass is 405 g/mol. The van der Waals surface area contributed by atoms with Gasteiger partial charge in [0.1, 0.15) is 17.1 Å². The molecule has 1 atom stereocenters. The SMILES string of the molecule is COc1cc(CC(=O)C2=C(O)C(CCCN3CCOCC3)OC2=O)cc(OC)c1. The number of morpholine rings is 1. The Balaban J connectivity index is 1.62. The van der Waals surface area contributed by atoms with E-state index in [1.807, 2.05) is 0 Å². The molecule has 3 rings (SSSR count). The van der Waals surface area contributed by atoms with Crippen molar-refractivity contribution in [2.45, 2.75) is 25.4 Å². The van der Waals surface area contributed by atoms with Crippen molar-refractivity contribution < 1.29 is 33.6 Å². The maximum absolute atomic E-state index is 12.7. The molecule has 8 heteroatoms. The van der Waals surface area contributed by atoms with Crippen molar-refractivity contribution in [1.82, 2.24) is 4.90 Å². The third-order valence-electron chi connectivity index (χ3n) is 5.11. The van der Waals surface area contributed by atoms with Crippen LogP contribution in [0.3, 0.4) is 0 Å². The summed E-state index contributed by atoms with van der Waals surface area (Å²) < 4.78 is 21.0. The molecule has 2 aliphatic rings. The van der Waals surface area contributed by atoms with Crippen molar-refractivity contribution in [3.8, 4) is 11.5 Å². The minimum Gasteiger partial charge on any atom is -0.507 e. The zero-order chi connectivity index (χ0) is 20.8. The normalized spacial score (nSPS) is 19.9. The summed E-state index contributed by atoms with van der Waals surface area (Å²) in [6.07, 6.45) is 0.389. The fraction of sp³-hybridized carbons (Fsp3) is 0.524. The summed E-state index contributed by atoms with van der Waals surface area (Å²) in [5, 5.41) is 10.4. The second kappa shape index (κ2) is 9.76. The van der Waals surface area contributed by atoms with Crippen LogP contribution in [-0.4, -0.2) is 74.9 Å². The van der Waals surface area contributed by atoms with Crippen molar-refractivity contribution >= 4 is 11.8 Å².